The van der Waals surface area contributed by atoms with Crippen LogP contribution in [0.5, 0.6) is 0 Å². The van der Waals surface area contributed by atoms with E-state index in [0.717, 1.165) is 5.69 Å². The summed E-state index contributed by atoms with van der Waals surface area (Å²) in [6.45, 7) is 2.67. The van der Waals surface area contributed by atoms with Crippen LogP contribution in [0.1, 0.15) is 15.9 Å². The van der Waals surface area contributed by atoms with Crippen LogP contribution in [0.15, 0.2) is 36.5 Å². The van der Waals surface area contributed by atoms with E-state index in [9.17, 15) is 10.1 Å². The van der Waals surface area contributed by atoms with Crippen LogP contribution >= 0.6 is 11.6 Å². The molecule has 2 aromatic rings. The number of halogens is 1. The summed E-state index contributed by atoms with van der Waals surface area (Å²) in [6, 6.07) is 10.9. The highest BCUT2D eigenvalue weighted by Crippen LogP contribution is 2.31. The number of rotatable bonds is 3. The highest BCUT2D eigenvalue weighted by molar-refractivity contribution is 6.33. The Labute approximate surface area is 145 Å². The van der Waals surface area contributed by atoms with Gasteiger partial charge in [-0.15, -0.1) is 0 Å². The van der Waals surface area contributed by atoms with Gasteiger partial charge in [0.25, 0.3) is 5.91 Å². The third-order valence-electron chi connectivity index (χ3n) is 4.05. The lowest BCUT2D eigenvalue weighted by Gasteiger charge is -2.37. The molecule has 3 rings (SSSR count). The van der Waals surface area contributed by atoms with Crippen LogP contribution in [0.3, 0.4) is 0 Å². The van der Waals surface area contributed by atoms with Gasteiger partial charge in [0, 0.05) is 32.4 Å². The predicted octanol–water partition coefficient (Wildman–Crippen LogP) is 2.03. The lowest BCUT2D eigenvalue weighted by molar-refractivity contribution is 0.100. The molecule has 0 unspecified atom stereocenters. The summed E-state index contributed by atoms with van der Waals surface area (Å²) >= 11 is 6.28. The second-order valence-electron chi connectivity index (χ2n) is 5.46. The molecule has 1 aliphatic heterocycles. The van der Waals surface area contributed by atoms with Crippen LogP contribution in [-0.2, 0) is 0 Å². The molecule has 1 saturated heterocycles. The minimum absolute atomic E-state index is 0.418. The molecular formula is C17H16ClN5O. The van der Waals surface area contributed by atoms with Gasteiger partial charge in [-0.1, -0.05) is 17.7 Å². The number of aromatic nitrogens is 1. The second-order valence-corrected chi connectivity index (χ2v) is 5.87. The van der Waals surface area contributed by atoms with Gasteiger partial charge in [-0.2, -0.15) is 5.26 Å². The zero-order valence-electron chi connectivity index (χ0n) is 12.9. The minimum Gasteiger partial charge on any atom is -0.366 e. The van der Waals surface area contributed by atoms with Crippen molar-refractivity contribution in [3.05, 3.63) is 52.7 Å². The molecule has 2 N–H and O–H groups in total. The van der Waals surface area contributed by atoms with Crippen molar-refractivity contribution in [3.8, 4) is 6.07 Å². The van der Waals surface area contributed by atoms with Crippen LogP contribution < -0.4 is 15.5 Å². The number of hydrogen-bond acceptors (Lipinski definition) is 5. The topological polar surface area (TPSA) is 86.2 Å². The summed E-state index contributed by atoms with van der Waals surface area (Å²) in [4.78, 5) is 20.0. The Morgan fingerprint density at radius 3 is 2.54 bits per heavy atom. The van der Waals surface area contributed by atoms with Crippen molar-refractivity contribution < 1.29 is 4.79 Å². The third kappa shape index (κ3) is 2.99. The maximum Gasteiger partial charge on any atom is 0.252 e. The molecule has 2 heterocycles. The van der Waals surface area contributed by atoms with E-state index >= 15 is 0 Å². The molecule has 0 aliphatic carbocycles. The molecule has 7 heteroatoms. The Hall–Kier alpha value is -2.78. The van der Waals surface area contributed by atoms with Crippen molar-refractivity contribution >= 4 is 29.0 Å². The van der Waals surface area contributed by atoms with E-state index in [1.54, 1.807) is 36.5 Å². The summed E-state index contributed by atoms with van der Waals surface area (Å²) in [5, 5.41) is 9.86. The molecule has 0 spiro atoms. The number of nitriles is 1. The zero-order chi connectivity index (χ0) is 17.1. The van der Waals surface area contributed by atoms with E-state index in [1.165, 1.54) is 0 Å². The Balaban J connectivity index is 1.81. The lowest BCUT2D eigenvalue weighted by Crippen LogP contribution is -2.47. The van der Waals surface area contributed by atoms with Gasteiger partial charge in [0.2, 0.25) is 0 Å². The maximum absolute atomic E-state index is 11.6. The average Bonchev–Trinajstić information content (AvgIpc) is 2.61. The summed E-state index contributed by atoms with van der Waals surface area (Å²) in [5.41, 5.74) is 7.17. The molecule has 1 fully saturated rings. The molecule has 1 aromatic carbocycles. The summed E-state index contributed by atoms with van der Waals surface area (Å²) in [5.74, 6) is 0.114. The maximum atomic E-state index is 11.6. The number of piperazine rings is 1. The number of nitrogens with two attached hydrogens (primary N) is 1. The van der Waals surface area contributed by atoms with Gasteiger partial charge < -0.3 is 15.5 Å². The number of para-hydroxylation sites is 1. The first-order valence-corrected chi connectivity index (χ1v) is 7.93. The van der Waals surface area contributed by atoms with E-state index < -0.39 is 5.91 Å². The number of pyridine rings is 1. The van der Waals surface area contributed by atoms with Crippen molar-refractivity contribution in [2.45, 2.75) is 0 Å². The fourth-order valence-corrected chi connectivity index (χ4v) is 3.20. The van der Waals surface area contributed by atoms with Gasteiger partial charge in [0.15, 0.2) is 0 Å². The van der Waals surface area contributed by atoms with E-state index in [-0.39, 0.29) is 0 Å². The average molecular weight is 342 g/mol. The van der Waals surface area contributed by atoms with E-state index in [4.69, 9.17) is 17.3 Å². The van der Waals surface area contributed by atoms with E-state index in [0.29, 0.717) is 48.1 Å². The molecule has 24 heavy (non-hydrogen) atoms. The normalized spacial score (nSPS) is 14.3. The van der Waals surface area contributed by atoms with Crippen LogP contribution in [-0.4, -0.2) is 37.1 Å². The Morgan fingerprint density at radius 1 is 1.17 bits per heavy atom. The highest BCUT2D eigenvalue weighted by Gasteiger charge is 2.24. The molecule has 1 amide bonds. The van der Waals surface area contributed by atoms with Gasteiger partial charge in [-0.3, -0.25) is 4.79 Å². The zero-order valence-corrected chi connectivity index (χ0v) is 13.7. The van der Waals surface area contributed by atoms with Crippen LogP contribution in [0, 0.1) is 11.3 Å². The Bertz CT molecular complexity index is 809. The number of anilines is 2. The van der Waals surface area contributed by atoms with Crippen LogP contribution in [0.2, 0.25) is 5.02 Å². The van der Waals surface area contributed by atoms with Gasteiger partial charge in [0.1, 0.15) is 11.9 Å². The molecule has 0 radical (unpaired) electrons. The smallest absolute Gasteiger partial charge is 0.252 e. The van der Waals surface area contributed by atoms with Gasteiger partial charge in [-0.25, -0.2) is 4.98 Å². The van der Waals surface area contributed by atoms with Crippen molar-refractivity contribution in [2.75, 3.05) is 36.0 Å². The molecule has 0 bridgehead atoms. The quantitative estimate of drug-likeness (QED) is 0.923. The number of carbonyl (C=O) groups is 1. The number of amides is 1. The lowest BCUT2D eigenvalue weighted by atomic mass is 10.1. The summed E-state index contributed by atoms with van der Waals surface area (Å²) < 4.78 is 0. The molecule has 0 saturated carbocycles. The predicted molar refractivity (Wildman–Crippen MR) is 93.3 cm³/mol. The van der Waals surface area contributed by atoms with E-state index in [1.807, 2.05) is 4.90 Å². The first-order chi connectivity index (χ1) is 11.6. The molecule has 1 aliphatic rings. The SMILES string of the molecule is N#Cc1cccc(Cl)c1N1CCN(c2ncccc2C(N)=O)CC1. The van der Waals surface area contributed by atoms with Crippen molar-refractivity contribution in [3.63, 3.8) is 0 Å². The van der Waals surface area contributed by atoms with Crippen LogP contribution in [0.25, 0.3) is 0 Å². The van der Waals surface area contributed by atoms with Crippen molar-refractivity contribution in [1.82, 2.24) is 4.98 Å². The Morgan fingerprint density at radius 2 is 1.88 bits per heavy atom. The third-order valence-corrected chi connectivity index (χ3v) is 4.36. The van der Waals surface area contributed by atoms with Gasteiger partial charge in [-0.05, 0) is 24.3 Å². The monoisotopic (exact) mass is 341 g/mol. The van der Waals surface area contributed by atoms with Crippen molar-refractivity contribution in [1.29, 1.82) is 5.26 Å². The standard InChI is InChI=1S/C17H16ClN5O/c18-14-5-1-3-12(11-19)15(14)22-7-9-23(10-8-22)17-13(16(20)24)4-2-6-21-17/h1-6H,7-10H2,(H2,20,24). The first kappa shape index (κ1) is 16.1. The molecule has 0 atom stereocenters. The number of benzene rings is 1. The summed E-state index contributed by atoms with van der Waals surface area (Å²) in [6.07, 6.45) is 1.65. The highest BCUT2D eigenvalue weighted by atomic mass is 35.5. The largest absolute Gasteiger partial charge is 0.366 e. The fourth-order valence-electron chi connectivity index (χ4n) is 2.91. The van der Waals surface area contributed by atoms with E-state index in [2.05, 4.69) is 16.0 Å². The van der Waals surface area contributed by atoms with Gasteiger partial charge >= 0.3 is 0 Å². The van der Waals surface area contributed by atoms with Crippen LogP contribution in [0.4, 0.5) is 11.5 Å². The second kappa shape index (κ2) is 6.77. The Kier molecular flexibility index (Phi) is 4.54. The molecule has 1 aromatic heterocycles. The number of hydrogen-bond donors (Lipinski definition) is 1. The molecule has 6 nitrogen and oxygen atoms in total. The number of nitrogens with zero attached hydrogens (tertiary/aromatic N) is 4. The first-order valence-electron chi connectivity index (χ1n) is 7.55. The minimum atomic E-state index is -0.488. The fraction of sp³-hybridized carbons (Fsp3) is 0.235. The number of carbonyl (C=O) groups excluding carboxylic acids is 1. The molecular weight excluding hydrogens is 326 g/mol. The van der Waals surface area contributed by atoms with Crippen molar-refractivity contribution in [2.24, 2.45) is 5.73 Å². The molecule has 122 valence electrons. The number of primary amides is 1. The summed E-state index contributed by atoms with van der Waals surface area (Å²) in [7, 11) is 0. The van der Waals surface area contributed by atoms with Gasteiger partial charge in [0.05, 0.1) is 21.8 Å².